The molecule has 0 aliphatic carbocycles. The molecule has 21 heavy (non-hydrogen) atoms. The van der Waals surface area contributed by atoms with Crippen LogP contribution in [0.4, 0.5) is 0 Å². The summed E-state index contributed by atoms with van der Waals surface area (Å²) in [5.74, 6) is -1.02. The normalized spacial score (nSPS) is 21.9. The summed E-state index contributed by atoms with van der Waals surface area (Å²) < 4.78 is 1.64. The number of aromatic nitrogens is 3. The molecule has 7 heteroatoms. The number of amides is 1. The van der Waals surface area contributed by atoms with Gasteiger partial charge < -0.3 is 10.0 Å². The van der Waals surface area contributed by atoms with E-state index in [4.69, 9.17) is 0 Å². The maximum absolute atomic E-state index is 12.5. The summed E-state index contributed by atoms with van der Waals surface area (Å²) in [6.45, 7) is 2.37. The minimum absolute atomic E-state index is 0.160. The van der Waals surface area contributed by atoms with Gasteiger partial charge in [-0.1, -0.05) is 5.21 Å². The van der Waals surface area contributed by atoms with Gasteiger partial charge in [-0.25, -0.2) is 4.68 Å². The third-order valence-corrected chi connectivity index (χ3v) is 4.13. The van der Waals surface area contributed by atoms with E-state index >= 15 is 0 Å². The molecular formula is C14H16N4O3. The van der Waals surface area contributed by atoms with Crippen molar-refractivity contribution in [2.75, 3.05) is 13.1 Å². The Kier molecular flexibility index (Phi) is 2.93. The van der Waals surface area contributed by atoms with Gasteiger partial charge in [0, 0.05) is 25.7 Å². The number of carbonyl (C=O) groups excluding carboxylic acids is 1. The lowest BCUT2D eigenvalue weighted by Crippen LogP contribution is -2.34. The van der Waals surface area contributed by atoms with E-state index < -0.39 is 11.4 Å². The van der Waals surface area contributed by atoms with E-state index in [1.54, 1.807) is 41.8 Å². The molecule has 3 rings (SSSR count). The Labute approximate surface area is 121 Å². The number of carbonyl (C=O) groups is 2. The van der Waals surface area contributed by atoms with Crippen LogP contribution < -0.4 is 0 Å². The summed E-state index contributed by atoms with van der Waals surface area (Å²) in [5, 5.41) is 17.1. The smallest absolute Gasteiger partial charge is 0.311 e. The Hall–Kier alpha value is -2.44. The van der Waals surface area contributed by atoms with Gasteiger partial charge in [0.05, 0.1) is 10.9 Å². The summed E-state index contributed by atoms with van der Waals surface area (Å²) >= 11 is 0. The molecule has 0 spiro atoms. The van der Waals surface area contributed by atoms with Crippen molar-refractivity contribution in [2.24, 2.45) is 12.5 Å². The van der Waals surface area contributed by atoms with E-state index in [-0.39, 0.29) is 12.5 Å². The van der Waals surface area contributed by atoms with Crippen molar-refractivity contribution in [3.63, 3.8) is 0 Å². The molecular weight excluding hydrogens is 272 g/mol. The monoisotopic (exact) mass is 288 g/mol. The van der Waals surface area contributed by atoms with Gasteiger partial charge in [0.15, 0.2) is 0 Å². The fourth-order valence-corrected chi connectivity index (χ4v) is 2.67. The van der Waals surface area contributed by atoms with Crippen molar-refractivity contribution >= 4 is 22.9 Å². The highest BCUT2D eigenvalue weighted by Crippen LogP contribution is 2.31. The summed E-state index contributed by atoms with van der Waals surface area (Å²) in [4.78, 5) is 25.3. The molecule has 1 amide bonds. The average molecular weight is 288 g/mol. The molecule has 7 nitrogen and oxygen atoms in total. The summed E-state index contributed by atoms with van der Waals surface area (Å²) in [5.41, 5.74) is 1.16. The van der Waals surface area contributed by atoms with Crippen LogP contribution in [-0.2, 0) is 11.8 Å². The highest BCUT2D eigenvalue weighted by Gasteiger charge is 2.42. The molecule has 1 unspecified atom stereocenters. The molecule has 2 aromatic rings. The van der Waals surface area contributed by atoms with Crippen LogP contribution in [0.15, 0.2) is 18.2 Å². The molecule has 1 aliphatic heterocycles. The number of fused-ring (bicyclic) bond motifs is 1. The van der Waals surface area contributed by atoms with Crippen LogP contribution in [0, 0.1) is 5.41 Å². The molecule has 1 aromatic heterocycles. The zero-order chi connectivity index (χ0) is 15.2. The number of hydrogen-bond donors (Lipinski definition) is 1. The van der Waals surface area contributed by atoms with Crippen LogP contribution in [0.3, 0.4) is 0 Å². The van der Waals surface area contributed by atoms with Crippen molar-refractivity contribution in [1.29, 1.82) is 0 Å². The first-order valence-corrected chi connectivity index (χ1v) is 6.73. The maximum Gasteiger partial charge on any atom is 0.311 e. The van der Waals surface area contributed by atoms with Crippen LogP contribution in [0.1, 0.15) is 23.7 Å². The zero-order valence-corrected chi connectivity index (χ0v) is 11.9. The SMILES string of the molecule is Cn1nnc2cc(C(=O)N3CCC(C)(C(=O)O)C3)ccc21. The quantitative estimate of drug-likeness (QED) is 0.887. The Morgan fingerprint density at radius 2 is 2.14 bits per heavy atom. The predicted molar refractivity (Wildman–Crippen MR) is 74.8 cm³/mol. The number of aryl methyl sites for hydroxylation is 1. The average Bonchev–Trinajstić information content (AvgIpc) is 3.03. The Morgan fingerprint density at radius 1 is 1.38 bits per heavy atom. The molecule has 110 valence electrons. The van der Waals surface area contributed by atoms with E-state index in [2.05, 4.69) is 10.3 Å². The lowest BCUT2D eigenvalue weighted by atomic mass is 9.90. The zero-order valence-electron chi connectivity index (χ0n) is 11.9. The van der Waals surface area contributed by atoms with Gasteiger partial charge in [0.1, 0.15) is 5.52 Å². The number of carboxylic acid groups (broad SMARTS) is 1. The fraction of sp³-hybridized carbons (Fsp3) is 0.429. The van der Waals surface area contributed by atoms with Crippen LogP contribution in [0.5, 0.6) is 0 Å². The lowest BCUT2D eigenvalue weighted by Gasteiger charge is -2.20. The van der Waals surface area contributed by atoms with Crippen molar-refractivity contribution < 1.29 is 14.7 Å². The van der Waals surface area contributed by atoms with Crippen molar-refractivity contribution in [3.05, 3.63) is 23.8 Å². The number of carboxylic acids is 1. The molecule has 1 saturated heterocycles. The van der Waals surface area contributed by atoms with Crippen LogP contribution in [-0.4, -0.2) is 50.0 Å². The summed E-state index contributed by atoms with van der Waals surface area (Å²) in [6.07, 6.45) is 0.474. The van der Waals surface area contributed by atoms with Crippen LogP contribution >= 0.6 is 0 Å². The van der Waals surface area contributed by atoms with E-state index in [0.717, 1.165) is 5.52 Å². The molecule has 0 radical (unpaired) electrons. The van der Waals surface area contributed by atoms with Crippen molar-refractivity contribution in [3.8, 4) is 0 Å². The van der Waals surface area contributed by atoms with Gasteiger partial charge in [0.2, 0.25) is 0 Å². The fourth-order valence-electron chi connectivity index (χ4n) is 2.67. The van der Waals surface area contributed by atoms with Crippen molar-refractivity contribution in [2.45, 2.75) is 13.3 Å². The second kappa shape index (κ2) is 4.54. The van der Waals surface area contributed by atoms with Crippen LogP contribution in [0.25, 0.3) is 11.0 Å². The topological polar surface area (TPSA) is 88.3 Å². The number of likely N-dealkylation sites (tertiary alicyclic amines) is 1. The summed E-state index contributed by atoms with van der Waals surface area (Å²) in [7, 11) is 1.79. The molecule has 0 saturated carbocycles. The molecule has 1 aliphatic rings. The Morgan fingerprint density at radius 3 is 2.81 bits per heavy atom. The van der Waals surface area contributed by atoms with Crippen LogP contribution in [0.2, 0.25) is 0 Å². The first kappa shape index (κ1) is 13.5. The highest BCUT2D eigenvalue weighted by molar-refractivity contribution is 5.97. The molecule has 1 aromatic carbocycles. The Balaban J connectivity index is 1.86. The Bertz CT molecular complexity index is 739. The molecule has 0 bridgehead atoms. The standard InChI is InChI=1S/C14H16N4O3/c1-14(13(20)21)5-6-18(8-14)12(19)9-3-4-11-10(7-9)15-16-17(11)2/h3-4,7H,5-6,8H2,1-2H3,(H,20,21). The molecule has 1 atom stereocenters. The second-order valence-corrected chi connectivity index (χ2v) is 5.76. The number of rotatable bonds is 2. The third kappa shape index (κ3) is 2.14. The van der Waals surface area contributed by atoms with Gasteiger partial charge in [-0.05, 0) is 31.5 Å². The second-order valence-electron chi connectivity index (χ2n) is 5.76. The minimum Gasteiger partial charge on any atom is -0.481 e. The van der Waals surface area contributed by atoms with E-state index in [1.165, 1.54) is 0 Å². The predicted octanol–water partition coefficient (Wildman–Crippen LogP) is 0.905. The maximum atomic E-state index is 12.5. The third-order valence-electron chi connectivity index (χ3n) is 4.13. The largest absolute Gasteiger partial charge is 0.481 e. The van der Waals surface area contributed by atoms with Gasteiger partial charge >= 0.3 is 5.97 Å². The van der Waals surface area contributed by atoms with Gasteiger partial charge in [0.25, 0.3) is 5.91 Å². The van der Waals surface area contributed by atoms with Gasteiger partial charge in [-0.15, -0.1) is 5.10 Å². The van der Waals surface area contributed by atoms with E-state index in [1.807, 2.05) is 0 Å². The lowest BCUT2D eigenvalue weighted by molar-refractivity contribution is -0.147. The van der Waals surface area contributed by atoms with E-state index in [0.29, 0.717) is 24.0 Å². The first-order valence-electron chi connectivity index (χ1n) is 6.73. The molecule has 1 fully saturated rings. The van der Waals surface area contributed by atoms with Gasteiger partial charge in [-0.3, -0.25) is 9.59 Å². The van der Waals surface area contributed by atoms with Gasteiger partial charge in [-0.2, -0.15) is 0 Å². The number of benzene rings is 1. The minimum atomic E-state index is -0.859. The number of aliphatic carboxylic acids is 1. The first-order chi connectivity index (χ1) is 9.90. The highest BCUT2D eigenvalue weighted by atomic mass is 16.4. The molecule has 2 heterocycles. The van der Waals surface area contributed by atoms with Crippen molar-refractivity contribution in [1.82, 2.24) is 19.9 Å². The van der Waals surface area contributed by atoms with E-state index in [9.17, 15) is 14.7 Å². The number of hydrogen-bond acceptors (Lipinski definition) is 4. The number of nitrogens with zero attached hydrogens (tertiary/aromatic N) is 4. The molecule has 1 N–H and O–H groups in total. The summed E-state index contributed by atoms with van der Waals surface area (Å²) in [6, 6.07) is 5.22.